The van der Waals surface area contributed by atoms with Crippen molar-refractivity contribution in [1.29, 1.82) is 0 Å². The number of benzene rings is 4. The van der Waals surface area contributed by atoms with Crippen molar-refractivity contribution in [2.75, 3.05) is 13.1 Å². The number of hydrogen-bond donors (Lipinski definition) is 1. The molecule has 1 aliphatic carbocycles. The molecule has 252 valence electrons. The van der Waals surface area contributed by atoms with Crippen LogP contribution >= 0.6 is 0 Å². The molecule has 0 spiro atoms. The number of carboxylic acids is 1. The van der Waals surface area contributed by atoms with E-state index in [2.05, 4.69) is 0 Å². The fourth-order valence-electron chi connectivity index (χ4n) is 6.50. The third-order valence-electron chi connectivity index (χ3n) is 9.16. The third-order valence-corrected chi connectivity index (χ3v) is 9.16. The van der Waals surface area contributed by atoms with Crippen molar-refractivity contribution >= 4 is 29.4 Å². The standard InChI is InChI=1S/C41H42N2O6/c1-3-23-42(26-28-15-19-32(20-16-28)37(44)30-11-7-5-8-12-30)39(46)34-25-35(41(48)49)36(34)40(47)43(24-4-2)27-29-17-21-33(22-18-29)38(45)31-13-9-6-10-14-31/h5-22,34-36H,3-4,23-27H2,1-2H3,(H,48,49). The SMILES string of the molecule is CCCN(Cc1ccc(C(=O)c2ccccc2)cc1)C(=O)C1CC(C(=O)O)C1C(=O)N(CCC)Cc1ccc(C(=O)c2ccccc2)cc1. The summed E-state index contributed by atoms with van der Waals surface area (Å²) in [5.74, 6) is -4.50. The number of carboxylic acid groups (broad SMARTS) is 1. The van der Waals surface area contributed by atoms with Crippen molar-refractivity contribution in [2.45, 2.75) is 46.2 Å². The van der Waals surface area contributed by atoms with E-state index in [4.69, 9.17) is 0 Å². The fourth-order valence-corrected chi connectivity index (χ4v) is 6.50. The Labute approximate surface area is 287 Å². The Kier molecular flexibility index (Phi) is 11.5. The molecule has 0 aliphatic heterocycles. The Morgan fingerprint density at radius 2 is 0.939 bits per heavy atom. The average Bonchev–Trinajstić information content (AvgIpc) is 3.11. The number of amides is 2. The predicted octanol–water partition coefficient (Wildman–Crippen LogP) is 6.66. The zero-order valence-electron chi connectivity index (χ0n) is 28.0. The zero-order valence-corrected chi connectivity index (χ0v) is 28.0. The molecule has 1 fully saturated rings. The van der Waals surface area contributed by atoms with Crippen LogP contribution in [0.25, 0.3) is 0 Å². The lowest BCUT2D eigenvalue weighted by atomic mass is 9.63. The molecule has 2 amide bonds. The topological polar surface area (TPSA) is 112 Å². The molecule has 1 N–H and O–H groups in total. The van der Waals surface area contributed by atoms with Gasteiger partial charge in [-0.1, -0.05) is 123 Å². The predicted molar refractivity (Wildman–Crippen MR) is 187 cm³/mol. The summed E-state index contributed by atoms with van der Waals surface area (Å²) in [7, 11) is 0. The molecule has 5 rings (SSSR count). The minimum absolute atomic E-state index is 0.0857. The first kappa shape index (κ1) is 35.0. The van der Waals surface area contributed by atoms with Crippen molar-refractivity contribution < 1.29 is 29.1 Å². The highest BCUT2D eigenvalue weighted by Gasteiger charge is 2.54. The molecule has 1 aliphatic rings. The number of carbonyl (C=O) groups is 5. The maximum Gasteiger partial charge on any atom is 0.307 e. The van der Waals surface area contributed by atoms with E-state index in [0.29, 0.717) is 48.2 Å². The van der Waals surface area contributed by atoms with Crippen LogP contribution in [0.3, 0.4) is 0 Å². The monoisotopic (exact) mass is 658 g/mol. The zero-order chi connectivity index (χ0) is 34.9. The van der Waals surface area contributed by atoms with Crippen molar-refractivity contribution in [3.05, 3.63) is 143 Å². The van der Waals surface area contributed by atoms with Crippen LogP contribution in [0.5, 0.6) is 0 Å². The molecule has 8 nitrogen and oxygen atoms in total. The van der Waals surface area contributed by atoms with E-state index in [1.807, 2.05) is 74.5 Å². The fraction of sp³-hybridized carbons (Fsp3) is 0.293. The van der Waals surface area contributed by atoms with Gasteiger partial charge in [-0.25, -0.2) is 0 Å². The van der Waals surface area contributed by atoms with Crippen molar-refractivity contribution in [1.82, 2.24) is 9.80 Å². The average molecular weight is 659 g/mol. The van der Waals surface area contributed by atoms with E-state index in [1.165, 1.54) is 0 Å². The van der Waals surface area contributed by atoms with E-state index in [0.717, 1.165) is 11.1 Å². The van der Waals surface area contributed by atoms with Crippen LogP contribution in [0.2, 0.25) is 0 Å². The summed E-state index contributed by atoms with van der Waals surface area (Å²) in [5.41, 5.74) is 3.91. The molecule has 0 saturated heterocycles. The maximum atomic E-state index is 14.1. The third kappa shape index (κ3) is 8.20. The van der Waals surface area contributed by atoms with E-state index in [-0.39, 0.29) is 42.9 Å². The van der Waals surface area contributed by atoms with Gasteiger partial charge in [0.1, 0.15) is 0 Å². The first-order chi connectivity index (χ1) is 23.7. The summed E-state index contributed by atoms with van der Waals surface area (Å²) in [6.07, 6.45) is 1.45. The quantitative estimate of drug-likeness (QED) is 0.143. The highest BCUT2D eigenvalue weighted by Crippen LogP contribution is 2.43. The molecular weight excluding hydrogens is 616 g/mol. The first-order valence-electron chi connectivity index (χ1n) is 16.9. The van der Waals surface area contributed by atoms with Crippen LogP contribution in [-0.4, -0.2) is 57.3 Å². The molecule has 4 aromatic carbocycles. The Balaban J connectivity index is 1.29. The van der Waals surface area contributed by atoms with Crippen LogP contribution in [0.1, 0.15) is 76.1 Å². The van der Waals surface area contributed by atoms with Gasteiger partial charge in [0.15, 0.2) is 11.6 Å². The largest absolute Gasteiger partial charge is 0.481 e. The summed E-state index contributed by atoms with van der Waals surface area (Å²) < 4.78 is 0. The summed E-state index contributed by atoms with van der Waals surface area (Å²) in [6, 6.07) is 32.3. The maximum absolute atomic E-state index is 14.1. The van der Waals surface area contributed by atoms with Crippen LogP contribution in [0.15, 0.2) is 109 Å². The summed E-state index contributed by atoms with van der Waals surface area (Å²) >= 11 is 0. The second kappa shape index (κ2) is 16.2. The van der Waals surface area contributed by atoms with Gasteiger partial charge in [-0.05, 0) is 30.4 Å². The minimum atomic E-state index is -1.08. The molecule has 3 atom stereocenters. The number of ketones is 2. The lowest BCUT2D eigenvalue weighted by Gasteiger charge is -2.44. The Morgan fingerprint density at radius 1 is 0.551 bits per heavy atom. The van der Waals surface area contributed by atoms with Crippen molar-refractivity contribution in [3.63, 3.8) is 0 Å². The molecule has 0 aromatic heterocycles. The summed E-state index contributed by atoms with van der Waals surface area (Å²) in [5, 5.41) is 10.0. The second-order valence-electron chi connectivity index (χ2n) is 12.6. The molecule has 4 aromatic rings. The van der Waals surface area contributed by atoms with E-state index < -0.39 is 23.7 Å². The smallest absolute Gasteiger partial charge is 0.307 e. The number of rotatable bonds is 15. The van der Waals surface area contributed by atoms with E-state index in [1.54, 1.807) is 58.3 Å². The molecule has 0 bridgehead atoms. The van der Waals surface area contributed by atoms with Gasteiger partial charge in [0.2, 0.25) is 11.8 Å². The van der Waals surface area contributed by atoms with Gasteiger partial charge in [-0.2, -0.15) is 0 Å². The molecule has 0 radical (unpaired) electrons. The van der Waals surface area contributed by atoms with Crippen LogP contribution in [-0.2, 0) is 27.5 Å². The molecular formula is C41H42N2O6. The molecule has 1 saturated carbocycles. The number of carbonyl (C=O) groups excluding carboxylic acids is 4. The van der Waals surface area contributed by atoms with Gasteiger partial charge in [0, 0.05) is 48.4 Å². The molecule has 3 unspecified atom stereocenters. The molecule has 8 heteroatoms. The Morgan fingerprint density at radius 3 is 1.33 bits per heavy atom. The van der Waals surface area contributed by atoms with Gasteiger partial charge in [0.25, 0.3) is 0 Å². The van der Waals surface area contributed by atoms with Gasteiger partial charge in [-0.3, -0.25) is 24.0 Å². The normalized spacial score (nSPS) is 16.7. The number of hydrogen-bond acceptors (Lipinski definition) is 5. The van der Waals surface area contributed by atoms with Crippen molar-refractivity contribution in [2.24, 2.45) is 17.8 Å². The first-order valence-corrected chi connectivity index (χ1v) is 16.9. The van der Waals surface area contributed by atoms with Gasteiger partial charge >= 0.3 is 5.97 Å². The van der Waals surface area contributed by atoms with E-state index >= 15 is 0 Å². The molecule has 0 heterocycles. The van der Waals surface area contributed by atoms with Crippen LogP contribution in [0, 0.1) is 17.8 Å². The van der Waals surface area contributed by atoms with Gasteiger partial charge in [-0.15, -0.1) is 0 Å². The van der Waals surface area contributed by atoms with Crippen LogP contribution in [0.4, 0.5) is 0 Å². The lowest BCUT2D eigenvalue weighted by Crippen LogP contribution is -2.56. The summed E-state index contributed by atoms with van der Waals surface area (Å²) in [4.78, 5) is 69.4. The Hall–Kier alpha value is -5.37. The van der Waals surface area contributed by atoms with Crippen LogP contribution < -0.4 is 0 Å². The van der Waals surface area contributed by atoms with Gasteiger partial charge < -0.3 is 14.9 Å². The highest BCUT2D eigenvalue weighted by molar-refractivity contribution is 6.09. The highest BCUT2D eigenvalue weighted by atomic mass is 16.4. The van der Waals surface area contributed by atoms with Crippen molar-refractivity contribution in [3.8, 4) is 0 Å². The molecule has 49 heavy (non-hydrogen) atoms. The Bertz CT molecular complexity index is 1770. The van der Waals surface area contributed by atoms with E-state index in [9.17, 15) is 29.1 Å². The number of aliphatic carboxylic acids is 1. The lowest BCUT2D eigenvalue weighted by molar-refractivity contribution is -0.169. The summed E-state index contributed by atoms with van der Waals surface area (Å²) in [6.45, 7) is 5.29. The second-order valence-corrected chi connectivity index (χ2v) is 12.6. The minimum Gasteiger partial charge on any atom is -0.481 e. The number of nitrogens with zero attached hydrogens (tertiary/aromatic N) is 2. The van der Waals surface area contributed by atoms with Gasteiger partial charge in [0.05, 0.1) is 17.8 Å².